The Hall–Kier alpha value is -3.27. The van der Waals surface area contributed by atoms with Crippen LogP contribution in [-0.4, -0.2) is 35.2 Å². The third-order valence-electron chi connectivity index (χ3n) is 4.73. The Balaban J connectivity index is 1.95. The summed E-state index contributed by atoms with van der Waals surface area (Å²) in [5, 5.41) is 32.9. The number of thiophene rings is 1. The molecule has 0 fully saturated rings. The van der Waals surface area contributed by atoms with Gasteiger partial charge in [0.25, 0.3) is 5.91 Å². The number of phenols is 1. The minimum absolute atomic E-state index is 0.0784. The van der Waals surface area contributed by atoms with Crippen molar-refractivity contribution in [1.29, 1.82) is 0 Å². The Bertz CT molecular complexity index is 1080. The van der Waals surface area contributed by atoms with E-state index in [9.17, 15) is 15.1 Å². The highest BCUT2D eigenvalue weighted by molar-refractivity contribution is 7.12. The van der Waals surface area contributed by atoms with Gasteiger partial charge in [-0.05, 0) is 36.3 Å². The fourth-order valence-corrected chi connectivity index (χ4v) is 4.27. The molecule has 0 aliphatic carbocycles. The molecular weight excluding hydrogens is 418 g/mol. The molecule has 0 aliphatic heterocycles. The Morgan fingerprint density at radius 2 is 2.00 bits per heavy atom. The number of anilines is 3. The average Bonchev–Trinajstić information content (AvgIpc) is 3.25. The van der Waals surface area contributed by atoms with Crippen LogP contribution in [0.1, 0.15) is 46.9 Å². The van der Waals surface area contributed by atoms with E-state index in [0.29, 0.717) is 0 Å². The van der Waals surface area contributed by atoms with E-state index in [1.807, 2.05) is 19.1 Å². The SMILES string of the molecule is Cc1ccc([C@H](Nc2c(Nc3cccc(C(=O)N(C)C)c3O)no[n+]2[O-])C(C)(C)C)s1. The van der Waals surface area contributed by atoms with E-state index in [-0.39, 0.29) is 50.9 Å². The minimum Gasteiger partial charge on any atom is -0.505 e. The molecule has 0 bridgehead atoms. The number of nitrogens with zero attached hydrogens (tertiary/aromatic N) is 3. The summed E-state index contributed by atoms with van der Waals surface area (Å²) in [4.78, 5) is 16.2. The average molecular weight is 446 g/mol. The van der Waals surface area contributed by atoms with Crippen molar-refractivity contribution in [2.75, 3.05) is 24.7 Å². The van der Waals surface area contributed by atoms with Gasteiger partial charge in [0.15, 0.2) is 5.75 Å². The number of carbonyl (C=O) groups is 1. The zero-order valence-corrected chi connectivity index (χ0v) is 19.2. The number of nitrogens with one attached hydrogen (secondary N) is 2. The van der Waals surface area contributed by atoms with E-state index in [1.54, 1.807) is 37.6 Å². The first-order chi connectivity index (χ1) is 14.5. The molecule has 2 aromatic heterocycles. The van der Waals surface area contributed by atoms with Gasteiger partial charge in [0, 0.05) is 29.3 Å². The second-order valence-electron chi connectivity index (χ2n) is 8.55. The van der Waals surface area contributed by atoms with Crippen LogP contribution < -0.4 is 15.5 Å². The molecular formula is C21H27N5O4S. The number of para-hydroxylation sites is 1. The van der Waals surface area contributed by atoms with Crippen molar-refractivity contribution in [2.45, 2.75) is 33.7 Å². The molecule has 1 amide bonds. The van der Waals surface area contributed by atoms with Gasteiger partial charge in [0.05, 0.1) is 11.3 Å². The summed E-state index contributed by atoms with van der Waals surface area (Å²) in [5.41, 5.74) is 0.132. The van der Waals surface area contributed by atoms with Crippen molar-refractivity contribution >= 4 is 34.6 Å². The first-order valence-corrected chi connectivity index (χ1v) is 10.5. The molecule has 1 atom stereocenters. The topological polar surface area (TPSA) is 118 Å². The van der Waals surface area contributed by atoms with Crippen LogP contribution in [-0.2, 0) is 0 Å². The maximum absolute atomic E-state index is 12.3. The molecule has 3 aromatic rings. The quantitative estimate of drug-likeness (QED) is 0.387. The molecule has 0 radical (unpaired) electrons. The van der Waals surface area contributed by atoms with Crippen LogP contribution in [0, 0.1) is 17.5 Å². The minimum atomic E-state index is -0.348. The summed E-state index contributed by atoms with van der Waals surface area (Å²) >= 11 is 1.64. The molecule has 0 aliphatic rings. The van der Waals surface area contributed by atoms with Gasteiger partial charge in [-0.15, -0.1) is 11.3 Å². The molecule has 0 unspecified atom stereocenters. The molecule has 0 saturated carbocycles. The van der Waals surface area contributed by atoms with E-state index in [0.717, 1.165) is 9.75 Å². The van der Waals surface area contributed by atoms with Crippen molar-refractivity contribution in [1.82, 2.24) is 10.1 Å². The number of benzene rings is 1. The highest BCUT2D eigenvalue weighted by Crippen LogP contribution is 2.40. The predicted octanol–water partition coefficient (Wildman–Crippen LogP) is 4.03. The Morgan fingerprint density at radius 1 is 1.29 bits per heavy atom. The fraction of sp³-hybridized carbons (Fsp3) is 0.381. The lowest BCUT2D eigenvalue weighted by Gasteiger charge is -2.28. The predicted molar refractivity (Wildman–Crippen MR) is 120 cm³/mol. The van der Waals surface area contributed by atoms with Crippen molar-refractivity contribution in [3.63, 3.8) is 0 Å². The zero-order chi connectivity index (χ0) is 22.9. The van der Waals surface area contributed by atoms with E-state index >= 15 is 0 Å². The molecule has 1 aromatic carbocycles. The smallest absolute Gasteiger partial charge is 0.320 e. The number of hydrogen-bond acceptors (Lipinski definition) is 8. The summed E-state index contributed by atoms with van der Waals surface area (Å²) in [6.07, 6.45) is 0. The number of carbonyl (C=O) groups excluding carboxylic acids is 1. The lowest BCUT2D eigenvalue weighted by atomic mass is 9.86. The highest BCUT2D eigenvalue weighted by atomic mass is 32.1. The molecule has 2 heterocycles. The van der Waals surface area contributed by atoms with Crippen molar-refractivity contribution < 1.29 is 19.4 Å². The molecule has 9 nitrogen and oxygen atoms in total. The first-order valence-electron chi connectivity index (χ1n) is 9.72. The molecule has 10 heteroatoms. The fourth-order valence-electron chi connectivity index (χ4n) is 3.10. The summed E-state index contributed by atoms with van der Waals surface area (Å²) < 4.78 is 4.81. The van der Waals surface area contributed by atoms with Gasteiger partial charge in [-0.25, -0.2) is 0 Å². The first kappa shape index (κ1) is 22.4. The molecule has 3 N–H and O–H groups in total. The zero-order valence-electron chi connectivity index (χ0n) is 18.4. The van der Waals surface area contributed by atoms with E-state index in [1.165, 1.54) is 11.0 Å². The van der Waals surface area contributed by atoms with Gasteiger partial charge in [-0.2, -0.15) is 0 Å². The van der Waals surface area contributed by atoms with Crippen LogP contribution in [0.15, 0.2) is 35.0 Å². The van der Waals surface area contributed by atoms with Gasteiger partial charge < -0.3 is 25.2 Å². The molecule has 0 spiro atoms. The number of aromatic nitrogens is 2. The monoisotopic (exact) mass is 445 g/mol. The van der Waals surface area contributed by atoms with Crippen LogP contribution in [0.4, 0.5) is 17.3 Å². The van der Waals surface area contributed by atoms with Gasteiger partial charge >= 0.3 is 11.6 Å². The molecule has 0 saturated heterocycles. The highest BCUT2D eigenvalue weighted by Gasteiger charge is 2.33. The molecule has 3 rings (SSSR count). The normalized spacial score (nSPS) is 12.5. The summed E-state index contributed by atoms with van der Waals surface area (Å²) in [7, 11) is 3.20. The van der Waals surface area contributed by atoms with Crippen LogP contribution in [0.5, 0.6) is 5.75 Å². The van der Waals surface area contributed by atoms with Gasteiger partial charge in [0.2, 0.25) is 0 Å². The van der Waals surface area contributed by atoms with Crippen LogP contribution in [0.25, 0.3) is 0 Å². The van der Waals surface area contributed by atoms with Crippen LogP contribution >= 0.6 is 11.3 Å². The van der Waals surface area contributed by atoms with Gasteiger partial charge in [-0.1, -0.05) is 31.7 Å². The number of rotatable bonds is 6. The summed E-state index contributed by atoms with van der Waals surface area (Å²) in [6.45, 7) is 8.23. The lowest BCUT2D eigenvalue weighted by molar-refractivity contribution is -0.791. The Morgan fingerprint density at radius 3 is 2.58 bits per heavy atom. The molecule has 31 heavy (non-hydrogen) atoms. The third kappa shape index (κ3) is 4.74. The maximum atomic E-state index is 12.3. The number of phenolic OH excluding ortho intramolecular Hbond substituents is 1. The number of hydrogen-bond donors (Lipinski definition) is 3. The summed E-state index contributed by atoms with van der Waals surface area (Å²) in [5.74, 6) is -0.412. The number of amides is 1. The Labute approximate surface area is 184 Å². The van der Waals surface area contributed by atoms with E-state index in [2.05, 4.69) is 36.6 Å². The van der Waals surface area contributed by atoms with Crippen molar-refractivity contribution in [3.8, 4) is 5.75 Å². The second kappa shape index (κ2) is 8.46. The standard InChI is InChI=1S/C21H27N5O4S/c1-12-10-11-15(31-12)17(21(2,3)4)23-19-18(24-30-26(19)29)22-14-9-7-8-13(16(14)27)20(28)25(5)6/h7-11,17,23,27H,1-6H3,(H,22,24)/t17-/m0/s1. The Kier molecular flexibility index (Phi) is 6.12. The second-order valence-corrected chi connectivity index (χ2v) is 9.86. The lowest BCUT2D eigenvalue weighted by Crippen LogP contribution is -2.33. The largest absolute Gasteiger partial charge is 0.505 e. The third-order valence-corrected chi connectivity index (χ3v) is 5.80. The van der Waals surface area contributed by atoms with Gasteiger partial charge in [0.1, 0.15) is 6.04 Å². The molecule has 166 valence electrons. The van der Waals surface area contributed by atoms with E-state index < -0.39 is 0 Å². The van der Waals surface area contributed by atoms with E-state index in [4.69, 9.17) is 4.63 Å². The van der Waals surface area contributed by atoms with Gasteiger partial charge in [-0.3, -0.25) is 10.1 Å². The van der Waals surface area contributed by atoms with Crippen molar-refractivity contribution in [2.24, 2.45) is 5.41 Å². The summed E-state index contributed by atoms with van der Waals surface area (Å²) in [6, 6.07) is 8.60. The number of aryl methyl sites for hydroxylation is 1. The van der Waals surface area contributed by atoms with Crippen molar-refractivity contribution in [3.05, 3.63) is 50.9 Å². The van der Waals surface area contributed by atoms with Crippen LogP contribution in [0.2, 0.25) is 0 Å². The van der Waals surface area contributed by atoms with Crippen LogP contribution in [0.3, 0.4) is 0 Å². The number of aromatic hydroxyl groups is 1. The maximum Gasteiger partial charge on any atom is 0.320 e.